The van der Waals surface area contributed by atoms with Crippen molar-refractivity contribution in [1.82, 2.24) is 24.9 Å². The van der Waals surface area contributed by atoms with Gasteiger partial charge in [0.15, 0.2) is 5.82 Å². The van der Waals surface area contributed by atoms with E-state index in [0.717, 1.165) is 20.9 Å². The molecule has 3 aromatic heterocycles. The fourth-order valence-corrected chi connectivity index (χ4v) is 4.62. The number of hydrogen-bond donors (Lipinski definition) is 1. The van der Waals surface area contributed by atoms with Gasteiger partial charge in [0.25, 0.3) is 5.91 Å². The zero-order valence-corrected chi connectivity index (χ0v) is 16.6. The van der Waals surface area contributed by atoms with E-state index in [1.54, 1.807) is 28.2 Å². The van der Waals surface area contributed by atoms with Crippen molar-refractivity contribution in [2.75, 3.05) is 6.54 Å². The summed E-state index contributed by atoms with van der Waals surface area (Å²) in [6, 6.07) is 11.7. The van der Waals surface area contributed by atoms with Gasteiger partial charge in [-0.3, -0.25) is 4.79 Å². The molecule has 0 atom stereocenters. The molecule has 9 heteroatoms. The SMILES string of the molecule is O=C(NCCc1csc2nc(-c3cccc(F)c3)nn12)c1ccc2ncsc2c1. The Morgan fingerprint density at radius 2 is 2.10 bits per heavy atom. The largest absolute Gasteiger partial charge is 0.352 e. The van der Waals surface area contributed by atoms with Crippen molar-refractivity contribution in [3.8, 4) is 11.4 Å². The number of thiazole rings is 2. The lowest BCUT2D eigenvalue weighted by Crippen LogP contribution is -2.25. The van der Waals surface area contributed by atoms with Crippen LogP contribution in [0, 0.1) is 5.82 Å². The summed E-state index contributed by atoms with van der Waals surface area (Å²) in [5.41, 5.74) is 4.86. The summed E-state index contributed by atoms with van der Waals surface area (Å²) in [7, 11) is 0. The van der Waals surface area contributed by atoms with Gasteiger partial charge in [-0.15, -0.1) is 27.8 Å². The minimum atomic E-state index is -0.319. The van der Waals surface area contributed by atoms with Crippen molar-refractivity contribution >= 4 is 43.8 Å². The number of amides is 1. The Hall–Kier alpha value is -3.17. The van der Waals surface area contributed by atoms with Crippen LogP contribution in [0.5, 0.6) is 0 Å². The van der Waals surface area contributed by atoms with E-state index < -0.39 is 0 Å². The molecule has 0 radical (unpaired) electrons. The summed E-state index contributed by atoms with van der Waals surface area (Å²) in [5.74, 6) is 0.0467. The fourth-order valence-electron chi connectivity index (χ4n) is 3.05. The van der Waals surface area contributed by atoms with Crippen LogP contribution in [0.25, 0.3) is 26.6 Å². The molecule has 0 aliphatic rings. The maximum absolute atomic E-state index is 13.5. The van der Waals surface area contributed by atoms with Crippen molar-refractivity contribution in [2.24, 2.45) is 0 Å². The molecular weight excluding hydrogens is 409 g/mol. The molecule has 6 nitrogen and oxygen atoms in total. The quantitative estimate of drug-likeness (QED) is 0.460. The van der Waals surface area contributed by atoms with Crippen LogP contribution in [0.1, 0.15) is 16.1 Å². The van der Waals surface area contributed by atoms with Crippen LogP contribution >= 0.6 is 22.7 Å². The minimum Gasteiger partial charge on any atom is -0.352 e. The molecule has 0 saturated heterocycles. The molecule has 29 heavy (non-hydrogen) atoms. The summed E-state index contributed by atoms with van der Waals surface area (Å²) in [6.07, 6.45) is 0.612. The lowest BCUT2D eigenvalue weighted by Gasteiger charge is -2.04. The standard InChI is InChI=1S/C20H14FN5OS2/c21-14-3-1-2-12(8-14)18-24-20-26(25-18)15(10-28-20)6-7-22-19(27)13-4-5-16-17(9-13)29-11-23-16/h1-5,8-11H,6-7H2,(H,22,27). The van der Waals surface area contributed by atoms with Crippen LogP contribution in [0.3, 0.4) is 0 Å². The molecule has 144 valence electrons. The second kappa shape index (κ2) is 7.34. The highest BCUT2D eigenvalue weighted by molar-refractivity contribution is 7.16. The third kappa shape index (κ3) is 3.50. The molecule has 0 fully saturated rings. The van der Waals surface area contributed by atoms with E-state index >= 15 is 0 Å². The average Bonchev–Trinajstić information content (AvgIpc) is 3.43. The highest BCUT2D eigenvalue weighted by Crippen LogP contribution is 2.22. The number of carbonyl (C=O) groups is 1. The van der Waals surface area contributed by atoms with Gasteiger partial charge in [-0.05, 0) is 30.3 Å². The normalized spacial score (nSPS) is 11.3. The molecule has 1 amide bonds. The van der Waals surface area contributed by atoms with Gasteiger partial charge in [-0.2, -0.15) is 4.98 Å². The van der Waals surface area contributed by atoms with Crippen molar-refractivity contribution < 1.29 is 9.18 Å². The first-order valence-corrected chi connectivity index (χ1v) is 10.6. The first-order chi connectivity index (χ1) is 14.2. The van der Waals surface area contributed by atoms with E-state index in [4.69, 9.17) is 0 Å². The van der Waals surface area contributed by atoms with E-state index in [-0.39, 0.29) is 11.7 Å². The molecule has 5 rings (SSSR count). The molecular formula is C20H14FN5OS2. The average molecular weight is 423 g/mol. The Morgan fingerprint density at radius 3 is 3.00 bits per heavy atom. The molecule has 1 N–H and O–H groups in total. The minimum absolute atomic E-state index is 0.120. The molecule has 0 aliphatic carbocycles. The second-order valence-electron chi connectivity index (χ2n) is 6.41. The van der Waals surface area contributed by atoms with Crippen molar-refractivity contribution in [2.45, 2.75) is 6.42 Å². The third-order valence-electron chi connectivity index (χ3n) is 4.49. The Kier molecular flexibility index (Phi) is 4.53. The van der Waals surface area contributed by atoms with Crippen LogP contribution in [0.2, 0.25) is 0 Å². The first-order valence-electron chi connectivity index (χ1n) is 8.88. The van der Waals surface area contributed by atoms with E-state index in [1.165, 1.54) is 34.8 Å². The lowest BCUT2D eigenvalue weighted by molar-refractivity contribution is 0.0954. The first kappa shape index (κ1) is 17.9. The van der Waals surface area contributed by atoms with Gasteiger partial charge in [0, 0.05) is 29.5 Å². The summed E-state index contributed by atoms with van der Waals surface area (Å²) >= 11 is 2.98. The van der Waals surface area contributed by atoms with Crippen LogP contribution in [0.15, 0.2) is 53.4 Å². The van der Waals surface area contributed by atoms with Crippen molar-refractivity contribution in [1.29, 1.82) is 0 Å². The lowest BCUT2D eigenvalue weighted by atomic mass is 10.2. The van der Waals surface area contributed by atoms with Gasteiger partial charge in [0.1, 0.15) is 5.82 Å². The maximum atomic E-state index is 13.5. The Balaban J connectivity index is 1.28. The van der Waals surface area contributed by atoms with E-state index in [1.807, 2.05) is 17.5 Å². The van der Waals surface area contributed by atoms with Crippen LogP contribution in [-0.4, -0.2) is 32.0 Å². The van der Waals surface area contributed by atoms with Gasteiger partial charge in [-0.25, -0.2) is 13.9 Å². The molecule has 0 spiro atoms. The molecule has 0 saturated carbocycles. The predicted octanol–water partition coefficient (Wildman–Crippen LogP) is 4.18. The van der Waals surface area contributed by atoms with Crippen LogP contribution < -0.4 is 5.32 Å². The molecule has 0 aliphatic heterocycles. The summed E-state index contributed by atoms with van der Waals surface area (Å²) in [5, 5.41) is 9.42. The number of nitrogens with zero attached hydrogens (tertiary/aromatic N) is 4. The molecule has 5 aromatic rings. The van der Waals surface area contributed by atoms with Gasteiger partial charge in [0.05, 0.1) is 21.4 Å². The number of carbonyl (C=O) groups excluding carboxylic acids is 1. The van der Waals surface area contributed by atoms with Crippen molar-refractivity contribution in [3.63, 3.8) is 0 Å². The monoisotopic (exact) mass is 423 g/mol. The molecule has 2 aromatic carbocycles. The fraction of sp³-hybridized carbons (Fsp3) is 0.100. The Labute approximate surface area is 172 Å². The third-order valence-corrected chi connectivity index (χ3v) is 6.15. The number of nitrogens with one attached hydrogen (secondary N) is 1. The van der Waals surface area contributed by atoms with Gasteiger partial charge >= 0.3 is 0 Å². The van der Waals surface area contributed by atoms with Gasteiger partial charge in [-0.1, -0.05) is 12.1 Å². The molecule has 0 unspecified atom stereocenters. The Bertz CT molecular complexity index is 1340. The van der Waals surface area contributed by atoms with E-state index in [2.05, 4.69) is 20.4 Å². The number of hydrogen-bond acceptors (Lipinski definition) is 6. The van der Waals surface area contributed by atoms with Crippen molar-refractivity contribution in [3.05, 3.63) is 70.4 Å². The van der Waals surface area contributed by atoms with Gasteiger partial charge < -0.3 is 5.32 Å². The summed E-state index contributed by atoms with van der Waals surface area (Å²) < 4.78 is 16.2. The number of fused-ring (bicyclic) bond motifs is 2. The van der Waals surface area contributed by atoms with Crippen LogP contribution in [-0.2, 0) is 6.42 Å². The smallest absolute Gasteiger partial charge is 0.251 e. The van der Waals surface area contributed by atoms with Crippen LogP contribution in [0.4, 0.5) is 4.39 Å². The van der Waals surface area contributed by atoms with Gasteiger partial charge in [0.2, 0.25) is 4.96 Å². The summed E-state index contributed by atoms with van der Waals surface area (Å²) in [6.45, 7) is 0.473. The highest BCUT2D eigenvalue weighted by atomic mass is 32.1. The highest BCUT2D eigenvalue weighted by Gasteiger charge is 2.13. The summed E-state index contributed by atoms with van der Waals surface area (Å²) in [4.78, 5) is 21.9. The second-order valence-corrected chi connectivity index (χ2v) is 8.13. The zero-order chi connectivity index (χ0) is 19.8. The Morgan fingerprint density at radius 1 is 1.17 bits per heavy atom. The maximum Gasteiger partial charge on any atom is 0.251 e. The molecule has 0 bridgehead atoms. The number of benzene rings is 2. The predicted molar refractivity (Wildman–Crippen MR) is 112 cm³/mol. The zero-order valence-electron chi connectivity index (χ0n) is 15.0. The molecule has 3 heterocycles. The number of rotatable bonds is 5. The van der Waals surface area contributed by atoms with E-state index in [9.17, 15) is 9.18 Å². The van der Waals surface area contributed by atoms with E-state index in [0.29, 0.717) is 29.9 Å². The number of aromatic nitrogens is 4. The number of halogens is 1. The topological polar surface area (TPSA) is 72.2 Å².